The van der Waals surface area contributed by atoms with Crippen molar-refractivity contribution in [3.8, 4) is 11.1 Å². The van der Waals surface area contributed by atoms with Crippen molar-refractivity contribution < 1.29 is 29.0 Å². The van der Waals surface area contributed by atoms with Crippen molar-refractivity contribution in [2.24, 2.45) is 10.8 Å². The predicted octanol–water partition coefficient (Wildman–Crippen LogP) is 3.30. The molecular weight excluding hydrogens is 448 g/mol. The molecule has 5 rings (SSSR count). The highest BCUT2D eigenvalue weighted by molar-refractivity contribution is 5.87. The predicted molar refractivity (Wildman–Crippen MR) is 128 cm³/mol. The number of benzene rings is 2. The Balaban J connectivity index is 1.19. The first-order chi connectivity index (χ1) is 16.9. The number of rotatable bonds is 9. The van der Waals surface area contributed by atoms with E-state index in [2.05, 4.69) is 22.8 Å². The summed E-state index contributed by atoms with van der Waals surface area (Å²) in [5.41, 5.74) is 3.38. The number of hydrogen-bond donors (Lipinski definition) is 3. The zero-order chi connectivity index (χ0) is 24.6. The van der Waals surface area contributed by atoms with Crippen molar-refractivity contribution in [3.63, 3.8) is 0 Å². The van der Waals surface area contributed by atoms with Crippen LogP contribution in [0.15, 0.2) is 48.5 Å². The summed E-state index contributed by atoms with van der Waals surface area (Å²) in [6, 6.07) is 15.1. The van der Waals surface area contributed by atoms with Crippen LogP contribution in [0, 0.1) is 10.8 Å². The van der Waals surface area contributed by atoms with Crippen LogP contribution in [-0.2, 0) is 19.1 Å². The van der Waals surface area contributed by atoms with Crippen LogP contribution in [0.2, 0.25) is 0 Å². The van der Waals surface area contributed by atoms with E-state index < -0.39 is 29.4 Å². The number of alkyl carbamates (subject to hydrolysis) is 1. The van der Waals surface area contributed by atoms with Crippen LogP contribution < -0.4 is 10.6 Å². The number of amides is 2. The molecule has 2 unspecified atom stereocenters. The molecule has 1 spiro atoms. The third kappa shape index (κ3) is 3.95. The lowest BCUT2D eigenvalue weighted by Crippen LogP contribution is -2.51. The van der Waals surface area contributed by atoms with E-state index >= 15 is 0 Å². The van der Waals surface area contributed by atoms with Gasteiger partial charge in [-0.3, -0.25) is 9.59 Å². The Hall–Kier alpha value is -3.39. The maximum atomic E-state index is 12.8. The van der Waals surface area contributed by atoms with E-state index in [1.165, 1.54) is 7.11 Å². The van der Waals surface area contributed by atoms with Gasteiger partial charge in [0.25, 0.3) is 0 Å². The van der Waals surface area contributed by atoms with Crippen LogP contribution in [-0.4, -0.2) is 56.0 Å². The summed E-state index contributed by atoms with van der Waals surface area (Å²) >= 11 is 0. The molecule has 0 aromatic heterocycles. The van der Waals surface area contributed by atoms with E-state index in [4.69, 9.17) is 9.47 Å². The molecule has 2 aromatic carbocycles. The molecule has 2 fully saturated rings. The molecule has 2 atom stereocenters. The number of ether oxygens (including phenoxy) is 2. The molecule has 184 valence electrons. The molecule has 0 aliphatic heterocycles. The standard InChI is InChI=1S/C27H30N2O6/c1-34-14-22(23(30)28-16-27(24(31)32)15-26(27)11-6-12-26)29-25(33)35-13-21-19-9-4-2-7-17(19)18-8-3-5-10-20(18)21/h2-5,7-10,21-22H,6,11-16H2,1H3,(H,28,30)(H,29,33)(H,31,32). The summed E-state index contributed by atoms with van der Waals surface area (Å²) in [4.78, 5) is 37.3. The molecule has 0 saturated heterocycles. The quantitative estimate of drug-likeness (QED) is 0.510. The van der Waals surface area contributed by atoms with Gasteiger partial charge in [0.05, 0.1) is 12.0 Å². The van der Waals surface area contributed by atoms with Crippen molar-refractivity contribution in [2.45, 2.75) is 37.6 Å². The Morgan fingerprint density at radius 2 is 1.69 bits per heavy atom. The summed E-state index contributed by atoms with van der Waals surface area (Å²) in [6.45, 7) is 0.126. The maximum absolute atomic E-state index is 12.8. The second-order valence-corrected chi connectivity index (χ2v) is 9.89. The number of aliphatic carboxylic acids is 1. The van der Waals surface area contributed by atoms with E-state index in [0.29, 0.717) is 6.42 Å². The fourth-order valence-corrected chi connectivity index (χ4v) is 5.91. The van der Waals surface area contributed by atoms with Crippen LogP contribution in [0.3, 0.4) is 0 Å². The van der Waals surface area contributed by atoms with Crippen LogP contribution >= 0.6 is 0 Å². The average molecular weight is 479 g/mol. The normalized spacial score (nSPS) is 21.9. The lowest BCUT2D eigenvalue weighted by molar-refractivity contribution is -0.146. The Labute approximate surface area is 204 Å². The molecule has 8 nitrogen and oxygen atoms in total. The van der Waals surface area contributed by atoms with Gasteiger partial charge in [0.1, 0.15) is 12.6 Å². The van der Waals surface area contributed by atoms with Crippen molar-refractivity contribution in [1.82, 2.24) is 10.6 Å². The van der Waals surface area contributed by atoms with E-state index in [1.54, 1.807) is 0 Å². The summed E-state index contributed by atoms with van der Waals surface area (Å²) < 4.78 is 10.7. The van der Waals surface area contributed by atoms with Crippen molar-refractivity contribution >= 4 is 18.0 Å². The Morgan fingerprint density at radius 3 is 2.20 bits per heavy atom. The smallest absolute Gasteiger partial charge is 0.407 e. The van der Waals surface area contributed by atoms with Gasteiger partial charge in [0.2, 0.25) is 5.91 Å². The summed E-state index contributed by atoms with van der Waals surface area (Å²) in [6.07, 6.45) is 2.66. The highest BCUT2D eigenvalue weighted by Gasteiger charge is 2.73. The fraction of sp³-hybridized carbons (Fsp3) is 0.444. The average Bonchev–Trinajstić information content (AvgIpc) is 3.46. The lowest BCUT2D eigenvalue weighted by Gasteiger charge is -2.31. The van der Waals surface area contributed by atoms with Crippen LogP contribution in [0.1, 0.15) is 42.7 Å². The van der Waals surface area contributed by atoms with Crippen molar-refractivity contribution in [3.05, 3.63) is 59.7 Å². The SMILES string of the molecule is COCC(NC(=O)OCC1c2ccccc2-c2ccccc21)C(=O)NCC1(C(=O)O)CC12CCC2. The Kier molecular flexibility index (Phi) is 6.01. The number of carbonyl (C=O) groups excluding carboxylic acids is 2. The first kappa shape index (κ1) is 23.4. The molecule has 3 N–H and O–H groups in total. The first-order valence-electron chi connectivity index (χ1n) is 12.0. The highest BCUT2D eigenvalue weighted by atomic mass is 16.5. The number of methoxy groups -OCH3 is 1. The molecule has 2 aromatic rings. The van der Waals surface area contributed by atoms with Crippen LogP contribution in [0.5, 0.6) is 0 Å². The number of carboxylic acids is 1. The number of hydrogen-bond acceptors (Lipinski definition) is 5. The molecule has 3 aliphatic rings. The third-order valence-corrected chi connectivity index (χ3v) is 8.10. The maximum Gasteiger partial charge on any atom is 0.407 e. The summed E-state index contributed by atoms with van der Waals surface area (Å²) in [5, 5.41) is 15.1. The van der Waals surface area contributed by atoms with E-state index in [1.807, 2.05) is 36.4 Å². The van der Waals surface area contributed by atoms with E-state index in [-0.39, 0.29) is 31.1 Å². The summed E-state index contributed by atoms with van der Waals surface area (Å²) in [5.74, 6) is -1.44. The van der Waals surface area contributed by atoms with Crippen molar-refractivity contribution in [2.75, 3.05) is 26.9 Å². The fourth-order valence-electron chi connectivity index (χ4n) is 5.91. The van der Waals surface area contributed by atoms with Crippen LogP contribution in [0.25, 0.3) is 11.1 Å². The lowest BCUT2D eigenvalue weighted by atomic mass is 9.75. The van der Waals surface area contributed by atoms with Crippen molar-refractivity contribution in [1.29, 1.82) is 0 Å². The molecule has 2 amide bonds. The van der Waals surface area contributed by atoms with Gasteiger partial charge in [0, 0.05) is 19.6 Å². The zero-order valence-electron chi connectivity index (χ0n) is 19.7. The topological polar surface area (TPSA) is 114 Å². The molecule has 0 radical (unpaired) electrons. The minimum atomic E-state index is -0.988. The van der Waals surface area contributed by atoms with Gasteiger partial charge in [-0.05, 0) is 46.9 Å². The van der Waals surface area contributed by atoms with Gasteiger partial charge in [-0.15, -0.1) is 0 Å². The summed E-state index contributed by atoms with van der Waals surface area (Å²) in [7, 11) is 1.43. The van der Waals surface area contributed by atoms with Gasteiger partial charge in [-0.25, -0.2) is 4.79 Å². The minimum absolute atomic E-state index is 0.0494. The molecular formula is C27H30N2O6. The van der Waals surface area contributed by atoms with E-state index in [9.17, 15) is 19.5 Å². The zero-order valence-corrected chi connectivity index (χ0v) is 19.7. The molecule has 2 saturated carbocycles. The molecule has 0 bridgehead atoms. The Bertz CT molecular complexity index is 1110. The number of nitrogens with one attached hydrogen (secondary N) is 2. The largest absolute Gasteiger partial charge is 0.481 e. The van der Waals surface area contributed by atoms with Gasteiger partial charge in [-0.2, -0.15) is 0 Å². The van der Waals surface area contributed by atoms with Gasteiger partial charge < -0.3 is 25.2 Å². The first-order valence-corrected chi connectivity index (χ1v) is 12.0. The Morgan fingerprint density at radius 1 is 1.06 bits per heavy atom. The molecule has 0 heterocycles. The number of carboxylic acid groups (broad SMARTS) is 1. The highest BCUT2D eigenvalue weighted by Crippen LogP contribution is 2.73. The van der Waals surface area contributed by atoms with Crippen LogP contribution in [0.4, 0.5) is 4.79 Å². The second-order valence-electron chi connectivity index (χ2n) is 9.89. The molecule has 35 heavy (non-hydrogen) atoms. The van der Waals surface area contributed by atoms with Gasteiger partial charge >= 0.3 is 12.1 Å². The van der Waals surface area contributed by atoms with Gasteiger partial charge in [-0.1, -0.05) is 55.0 Å². The third-order valence-electron chi connectivity index (χ3n) is 8.10. The molecule has 3 aliphatic carbocycles. The molecule has 8 heteroatoms. The minimum Gasteiger partial charge on any atom is -0.481 e. The van der Waals surface area contributed by atoms with E-state index in [0.717, 1.165) is 41.5 Å². The number of carbonyl (C=O) groups is 3. The van der Waals surface area contributed by atoms with Gasteiger partial charge in [0.15, 0.2) is 0 Å². The monoisotopic (exact) mass is 478 g/mol. The number of fused-ring (bicyclic) bond motifs is 3. The second kappa shape index (κ2) is 9.00.